The minimum absolute atomic E-state index is 0.193. The minimum atomic E-state index is -0.905. The van der Waals surface area contributed by atoms with Crippen LogP contribution in [0.3, 0.4) is 0 Å². The van der Waals surface area contributed by atoms with E-state index in [0.717, 1.165) is 5.56 Å². The number of nitriles is 1. The molecule has 0 saturated heterocycles. The van der Waals surface area contributed by atoms with Crippen LogP contribution in [0.15, 0.2) is 53.5 Å². The van der Waals surface area contributed by atoms with Crippen molar-refractivity contribution in [2.24, 2.45) is 4.99 Å². The van der Waals surface area contributed by atoms with E-state index >= 15 is 0 Å². The number of isocyanates is 1. The monoisotopic (exact) mass is 365 g/mol. The Balaban J connectivity index is 2.11. The Bertz CT molecular complexity index is 894. The number of hydrogen-bond donors (Lipinski definition) is 1. The molecule has 0 aliphatic rings. The number of carbonyl (C=O) groups is 2. The van der Waals surface area contributed by atoms with Gasteiger partial charge in [-0.15, -0.1) is 5.26 Å². The predicted molar refractivity (Wildman–Crippen MR) is 93.9 cm³/mol. The summed E-state index contributed by atoms with van der Waals surface area (Å²) in [7, 11) is 1.23. The van der Waals surface area contributed by atoms with Crippen molar-refractivity contribution in [2.45, 2.75) is 12.5 Å². The largest absolute Gasteiger partial charge is 0.467 e. The molecule has 2 aromatic carbocycles. The number of methoxy groups -OCH3 is 1. The second kappa shape index (κ2) is 9.51. The Hall–Kier alpha value is -3.95. The van der Waals surface area contributed by atoms with Crippen LogP contribution in [0.1, 0.15) is 15.9 Å². The van der Waals surface area contributed by atoms with Gasteiger partial charge in [0.15, 0.2) is 0 Å². The molecule has 0 radical (unpaired) electrons. The summed E-state index contributed by atoms with van der Waals surface area (Å²) in [5.74, 6) is -0.697. The molecule has 0 aliphatic heterocycles. The number of carbonyl (C=O) groups excluding carboxylic acids is 3. The number of rotatable bonds is 7. The SMILES string of the molecule is COC(=O)C(Cc1ccc(OC#N)cc1)NC(=O)c1ccc(N=C=O)cc1. The summed E-state index contributed by atoms with van der Waals surface area (Å²) >= 11 is 0. The smallest absolute Gasteiger partial charge is 0.328 e. The van der Waals surface area contributed by atoms with E-state index in [1.165, 1.54) is 37.5 Å². The van der Waals surface area contributed by atoms with Crippen LogP contribution < -0.4 is 10.1 Å². The molecule has 8 nitrogen and oxygen atoms in total. The Labute approximate surface area is 155 Å². The van der Waals surface area contributed by atoms with Crippen molar-refractivity contribution in [3.63, 3.8) is 0 Å². The van der Waals surface area contributed by atoms with Gasteiger partial charge in [-0.1, -0.05) is 12.1 Å². The van der Waals surface area contributed by atoms with E-state index in [9.17, 15) is 14.4 Å². The Kier molecular flexibility index (Phi) is 6.83. The number of amides is 1. The van der Waals surface area contributed by atoms with Crippen molar-refractivity contribution in [2.75, 3.05) is 7.11 Å². The second-order valence-electron chi connectivity index (χ2n) is 5.34. The Morgan fingerprint density at radius 2 is 1.81 bits per heavy atom. The molecule has 0 saturated carbocycles. The van der Waals surface area contributed by atoms with E-state index in [-0.39, 0.29) is 6.42 Å². The highest BCUT2D eigenvalue weighted by Crippen LogP contribution is 2.15. The van der Waals surface area contributed by atoms with Gasteiger partial charge in [-0.3, -0.25) is 4.79 Å². The van der Waals surface area contributed by atoms with Crippen LogP contribution in [-0.2, 0) is 20.7 Å². The number of nitrogens with zero attached hydrogens (tertiary/aromatic N) is 2. The molecule has 0 spiro atoms. The first-order chi connectivity index (χ1) is 13.1. The molecule has 1 unspecified atom stereocenters. The summed E-state index contributed by atoms with van der Waals surface area (Å²) in [5.41, 5.74) is 1.41. The van der Waals surface area contributed by atoms with Gasteiger partial charge in [-0.05, 0) is 42.0 Å². The molecule has 2 aromatic rings. The highest BCUT2D eigenvalue weighted by Gasteiger charge is 2.22. The average Bonchev–Trinajstić information content (AvgIpc) is 2.69. The van der Waals surface area contributed by atoms with Crippen LogP contribution in [0, 0.1) is 11.5 Å². The Morgan fingerprint density at radius 1 is 1.15 bits per heavy atom. The van der Waals surface area contributed by atoms with Crippen LogP contribution >= 0.6 is 0 Å². The second-order valence-corrected chi connectivity index (χ2v) is 5.34. The fraction of sp³-hybridized carbons (Fsp3) is 0.158. The van der Waals surface area contributed by atoms with E-state index in [2.05, 4.69) is 10.3 Å². The molecule has 0 bridgehead atoms. The third-order valence-electron chi connectivity index (χ3n) is 3.62. The molecular formula is C19H15N3O5. The maximum absolute atomic E-state index is 12.4. The van der Waals surface area contributed by atoms with E-state index in [0.29, 0.717) is 17.0 Å². The fourth-order valence-corrected chi connectivity index (χ4v) is 2.30. The van der Waals surface area contributed by atoms with Crippen molar-refractivity contribution < 1.29 is 23.9 Å². The van der Waals surface area contributed by atoms with E-state index in [1.54, 1.807) is 30.5 Å². The number of nitrogens with one attached hydrogen (secondary N) is 1. The molecule has 1 N–H and O–H groups in total. The molecule has 8 heteroatoms. The van der Waals surface area contributed by atoms with Crippen LogP contribution in [0.4, 0.5) is 5.69 Å². The van der Waals surface area contributed by atoms with Crippen LogP contribution in [0.5, 0.6) is 5.75 Å². The van der Waals surface area contributed by atoms with Gasteiger partial charge < -0.3 is 14.8 Å². The lowest BCUT2D eigenvalue weighted by atomic mass is 10.0. The maximum atomic E-state index is 12.4. The predicted octanol–water partition coefficient (Wildman–Crippen LogP) is 2.03. The third kappa shape index (κ3) is 5.53. The number of ether oxygens (including phenoxy) is 2. The summed E-state index contributed by atoms with van der Waals surface area (Å²) in [6, 6.07) is 11.6. The van der Waals surface area contributed by atoms with Gasteiger partial charge in [0.2, 0.25) is 6.08 Å². The Morgan fingerprint density at radius 3 is 2.37 bits per heavy atom. The van der Waals surface area contributed by atoms with Crippen molar-refractivity contribution in [3.05, 3.63) is 59.7 Å². The number of esters is 1. The first-order valence-electron chi connectivity index (χ1n) is 7.79. The van der Waals surface area contributed by atoms with Crippen molar-refractivity contribution in [1.82, 2.24) is 5.32 Å². The van der Waals surface area contributed by atoms with Gasteiger partial charge >= 0.3 is 5.97 Å². The molecule has 0 aromatic heterocycles. The van der Waals surface area contributed by atoms with E-state index in [4.69, 9.17) is 14.7 Å². The van der Waals surface area contributed by atoms with Gasteiger partial charge in [0.25, 0.3) is 12.2 Å². The summed E-state index contributed by atoms with van der Waals surface area (Å²) in [6.07, 6.45) is 3.18. The molecular weight excluding hydrogens is 350 g/mol. The number of benzene rings is 2. The van der Waals surface area contributed by atoms with Crippen LogP contribution in [0.2, 0.25) is 0 Å². The maximum Gasteiger partial charge on any atom is 0.328 e. The minimum Gasteiger partial charge on any atom is -0.467 e. The van der Waals surface area contributed by atoms with Gasteiger partial charge in [0.05, 0.1) is 12.8 Å². The number of hydrogen-bond acceptors (Lipinski definition) is 7. The lowest BCUT2D eigenvalue weighted by Crippen LogP contribution is -2.43. The van der Waals surface area contributed by atoms with Crippen LogP contribution in [-0.4, -0.2) is 31.1 Å². The fourth-order valence-electron chi connectivity index (χ4n) is 2.30. The molecule has 0 heterocycles. The molecule has 136 valence electrons. The van der Waals surface area contributed by atoms with E-state index in [1.807, 2.05) is 0 Å². The highest BCUT2D eigenvalue weighted by atomic mass is 16.5. The van der Waals surface area contributed by atoms with Gasteiger partial charge in [0, 0.05) is 12.0 Å². The quantitative estimate of drug-likeness (QED) is 0.347. The molecule has 1 atom stereocenters. The standard InChI is InChI=1S/C19H15N3O5/c1-26-19(25)17(10-13-2-8-16(9-3-13)27-11-20)22-18(24)14-4-6-15(7-5-14)21-12-23/h2-9,17H,10H2,1H3,(H,22,24). The molecule has 0 aliphatic carbocycles. The summed E-state index contributed by atoms with van der Waals surface area (Å²) < 4.78 is 9.45. The molecule has 2 rings (SSSR count). The molecule has 0 fully saturated rings. The first-order valence-corrected chi connectivity index (χ1v) is 7.79. The van der Waals surface area contributed by atoms with E-state index < -0.39 is 17.9 Å². The lowest BCUT2D eigenvalue weighted by molar-refractivity contribution is -0.142. The van der Waals surface area contributed by atoms with Gasteiger partial charge in [-0.25, -0.2) is 9.59 Å². The summed E-state index contributed by atoms with van der Waals surface area (Å²) in [6.45, 7) is 0. The summed E-state index contributed by atoms with van der Waals surface area (Å²) in [5, 5.41) is 11.1. The van der Waals surface area contributed by atoms with Crippen LogP contribution in [0.25, 0.3) is 0 Å². The van der Waals surface area contributed by atoms with Gasteiger partial charge in [0.1, 0.15) is 11.8 Å². The van der Waals surface area contributed by atoms with Crippen molar-refractivity contribution in [1.29, 1.82) is 5.26 Å². The topological polar surface area (TPSA) is 118 Å². The first kappa shape index (κ1) is 19.4. The molecule has 27 heavy (non-hydrogen) atoms. The number of aliphatic imine (C=N–C) groups is 1. The zero-order valence-electron chi connectivity index (χ0n) is 14.3. The highest BCUT2D eigenvalue weighted by molar-refractivity contribution is 5.97. The molecule has 1 amide bonds. The van der Waals surface area contributed by atoms with Crippen molar-refractivity contribution in [3.8, 4) is 12.0 Å². The zero-order chi connectivity index (χ0) is 19.6. The van der Waals surface area contributed by atoms with Gasteiger partial charge in [-0.2, -0.15) is 4.99 Å². The normalized spacial score (nSPS) is 10.7. The van der Waals surface area contributed by atoms with Crippen molar-refractivity contribution >= 4 is 23.6 Å². The summed E-state index contributed by atoms with van der Waals surface area (Å²) in [4.78, 5) is 38.1. The average molecular weight is 365 g/mol. The third-order valence-corrected chi connectivity index (χ3v) is 3.62. The zero-order valence-corrected chi connectivity index (χ0v) is 14.3. The lowest BCUT2D eigenvalue weighted by Gasteiger charge is -2.17.